The van der Waals surface area contributed by atoms with Crippen molar-refractivity contribution < 1.29 is 0 Å². The first-order valence-electron chi connectivity index (χ1n) is 20.2. The van der Waals surface area contributed by atoms with Gasteiger partial charge < -0.3 is 5.32 Å². The van der Waals surface area contributed by atoms with Crippen molar-refractivity contribution in [3.05, 3.63) is 138 Å². The highest BCUT2D eigenvalue weighted by atomic mass is 14.9. The van der Waals surface area contributed by atoms with Gasteiger partial charge in [-0.25, -0.2) is 0 Å². The lowest BCUT2D eigenvalue weighted by atomic mass is 9.90. The zero-order chi connectivity index (χ0) is 40.3. The van der Waals surface area contributed by atoms with Gasteiger partial charge in [-0.05, 0) is 126 Å². The first-order chi connectivity index (χ1) is 24.9. The van der Waals surface area contributed by atoms with Gasteiger partial charge in [0.2, 0.25) is 0 Å². The van der Waals surface area contributed by atoms with Crippen molar-refractivity contribution in [1.29, 1.82) is 0 Å². The first-order valence-corrected chi connectivity index (χ1v) is 20.2. The highest BCUT2D eigenvalue weighted by molar-refractivity contribution is 5.62. The molecular formula is C50H82N2. The molecule has 52 heavy (non-hydrogen) atoms. The predicted molar refractivity (Wildman–Crippen MR) is 241 cm³/mol. The van der Waals surface area contributed by atoms with Crippen molar-refractivity contribution in [2.24, 2.45) is 5.92 Å². The molecule has 0 bridgehead atoms. The molecule has 0 unspecified atom stereocenters. The van der Waals surface area contributed by atoms with Crippen LogP contribution in [0, 0.1) is 5.92 Å². The summed E-state index contributed by atoms with van der Waals surface area (Å²) in [7, 11) is 0. The van der Waals surface area contributed by atoms with Crippen LogP contribution in [0.2, 0.25) is 0 Å². The average molecular weight is 711 g/mol. The monoisotopic (exact) mass is 711 g/mol. The van der Waals surface area contributed by atoms with Crippen LogP contribution in [0.5, 0.6) is 0 Å². The van der Waals surface area contributed by atoms with Crippen LogP contribution in [0.15, 0.2) is 132 Å². The normalized spacial score (nSPS) is 11.3. The number of rotatable bonds is 13. The fraction of sp³-hybridized carbons (Fsp3) is 0.500. The molecule has 2 nitrogen and oxygen atoms in total. The minimum atomic E-state index is 0.675. The summed E-state index contributed by atoms with van der Waals surface area (Å²) in [6, 6.07) is 12.7. The molecule has 0 spiro atoms. The van der Waals surface area contributed by atoms with Crippen LogP contribution in [0.4, 0.5) is 0 Å². The van der Waals surface area contributed by atoms with E-state index in [1.807, 2.05) is 45.3 Å². The fourth-order valence-corrected chi connectivity index (χ4v) is 5.41. The summed E-state index contributed by atoms with van der Waals surface area (Å²) in [5.41, 5.74) is 13.1. The molecule has 1 aliphatic heterocycles. The van der Waals surface area contributed by atoms with Crippen molar-refractivity contribution in [3.63, 3.8) is 0 Å². The zero-order valence-electron chi connectivity index (χ0n) is 36.5. The first kappa shape index (κ1) is 52.7. The summed E-state index contributed by atoms with van der Waals surface area (Å²) in [4.78, 5) is 4.02. The van der Waals surface area contributed by atoms with E-state index in [4.69, 9.17) is 0 Å². The quantitative estimate of drug-likeness (QED) is 0.165. The average Bonchev–Trinajstić information content (AvgIpc) is 3.13. The van der Waals surface area contributed by atoms with Crippen LogP contribution >= 0.6 is 0 Å². The molecule has 2 heterocycles. The molecule has 1 aromatic heterocycles. The van der Waals surface area contributed by atoms with Gasteiger partial charge in [0, 0.05) is 24.6 Å². The Balaban J connectivity index is -0.000000642. The van der Waals surface area contributed by atoms with Gasteiger partial charge >= 0.3 is 0 Å². The standard InChI is InChI=1S/C17H29N.C15H15N.C9H16.C4H10.C3H6.C2H6/c1-5-8-16(9-6-2)14(3)11-12-17-10-7-13-18-15(17)4;1-12(2)11-13-3-5-14(6-4-13)15-7-9-16-10-8-15;1-6-9(7(2)3)8(4)5;1-3-4-2;1-3-2;1-2/h11-12,16,18H,3,5-10,13H2,1-2,4H3;3-10H,1,11H2,2H3;2,6H2,1,3-5H3;3-4H2,1-2H3;3H,1H2,2H3;1-2H3/b12-11-;;;;;. The molecule has 1 aliphatic rings. The second-order valence-electron chi connectivity index (χ2n) is 13.5. The number of allylic oxidation sites excluding steroid dienone is 10. The molecule has 0 fully saturated rings. The van der Waals surface area contributed by atoms with Crippen molar-refractivity contribution in [2.45, 2.75) is 154 Å². The number of hydrogen-bond donors (Lipinski definition) is 1. The second kappa shape index (κ2) is 35.7. The molecule has 0 saturated heterocycles. The SMILES string of the molecule is C=C(/C=C\C1=C(C)NCCC1)C(CCC)CCC.C=C(C)C(CC)=C(C)C.C=C(C)Cc1ccc(-c2ccncc2)cc1.C=CC.CC.CCCC. The lowest BCUT2D eigenvalue weighted by Crippen LogP contribution is -2.19. The summed E-state index contributed by atoms with van der Waals surface area (Å²) in [6.45, 7) is 44.1. The van der Waals surface area contributed by atoms with Crippen molar-refractivity contribution in [1.82, 2.24) is 10.3 Å². The Bertz CT molecular complexity index is 1290. The van der Waals surface area contributed by atoms with Gasteiger partial charge in [0.1, 0.15) is 0 Å². The molecule has 0 amide bonds. The van der Waals surface area contributed by atoms with Gasteiger partial charge in [0.25, 0.3) is 0 Å². The highest BCUT2D eigenvalue weighted by Crippen LogP contribution is 2.24. The lowest BCUT2D eigenvalue weighted by Gasteiger charge is -2.18. The number of nitrogens with zero attached hydrogens (tertiary/aromatic N) is 1. The van der Waals surface area contributed by atoms with Crippen LogP contribution in [-0.4, -0.2) is 11.5 Å². The maximum Gasteiger partial charge on any atom is 0.0273 e. The van der Waals surface area contributed by atoms with Gasteiger partial charge in [-0.15, -0.1) is 6.58 Å². The van der Waals surface area contributed by atoms with E-state index in [-0.39, 0.29) is 0 Å². The number of hydrogen-bond acceptors (Lipinski definition) is 2. The van der Waals surface area contributed by atoms with E-state index in [0.29, 0.717) is 5.92 Å². The molecule has 0 aliphatic carbocycles. The van der Waals surface area contributed by atoms with E-state index in [1.54, 1.807) is 6.08 Å². The number of pyridine rings is 1. The summed E-state index contributed by atoms with van der Waals surface area (Å²) in [5.74, 6) is 0.675. The lowest BCUT2D eigenvalue weighted by molar-refractivity contribution is 0.513. The largest absolute Gasteiger partial charge is 0.388 e. The van der Waals surface area contributed by atoms with E-state index in [2.05, 4.69) is 142 Å². The summed E-state index contributed by atoms with van der Waals surface area (Å²) >= 11 is 0. The molecule has 2 aromatic rings. The van der Waals surface area contributed by atoms with Crippen molar-refractivity contribution in [2.75, 3.05) is 6.54 Å². The van der Waals surface area contributed by atoms with Gasteiger partial charge in [-0.3, -0.25) is 4.98 Å². The van der Waals surface area contributed by atoms with E-state index < -0.39 is 0 Å². The number of benzene rings is 1. The molecule has 1 aromatic carbocycles. The van der Waals surface area contributed by atoms with Crippen molar-refractivity contribution >= 4 is 0 Å². The third-order valence-electron chi connectivity index (χ3n) is 8.24. The maximum absolute atomic E-state index is 4.27. The summed E-state index contributed by atoms with van der Waals surface area (Å²) in [5, 5.41) is 3.43. The Kier molecular flexibility index (Phi) is 36.2. The number of aromatic nitrogens is 1. The molecule has 0 atom stereocenters. The zero-order valence-corrected chi connectivity index (χ0v) is 36.5. The van der Waals surface area contributed by atoms with Crippen LogP contribution in [-0.2, 0) is 6.42 Å². The van der Waals surface area contributed by atoms with Gasteiger partial charge in [0.05, 0.1) is 0 Å². The molecule has 0 saturated carbocycles. The molecule has 2 heteroatoms. The van der Waals surface area contributed by atoms with Crippen LogP contribution < -0.4 is 5.32 Å². The minimum Gasteiger partial charge on any atom is -0.388 e. The third-order valence-corrected chi connectivity index (χ3v) is 8.24. The third kappa shape index (κ3) is 27.1. The summed E-state index contributed by atoms with van der Waals surface area (Å²) in [6.07, 6.45) is 22.1. The maximum atomic E-state index is 4.27. The molecule has 0 radical (unpaired) electrons. The molecule has 3 rings (SSSR count). The predicted octanol–water partition coefficient (Wildman–Crippen LogP) is 16.2. The Morgan fingerprint density at radius 2 is 1.31 bits per heavy atom. The Morgan fingerprint density at radius 1 is 0.808 bits per heavy atom. The minimum absolute atomic E-state index is 0.675. The highest BCUT2D eigenvalue weighted by Gasteiger charge is 2.10. The van der Waals surface area contributed by atoms with Crippen molar-refractivity contribution in [3.8, 4) is 11.1 Å². The summed E-state index contributed by atoms with van der Waals surface area (Å²) < 4.78 is 0. The topological polar surface area (TPSA) is 24.9 Å². The van der Waals surface area contributed by atoms with Crippen LogP contribution in [0.25, 0.3) is 11.1 Å². The fourth-order valence-electron chi connectivity index (χ4n) is 5.41. The van der Waals surface area contributed by atoms with E-state index >= 15 is 0 Å². The number of nitrogens with one attached hydrogen (secondary N) is 1. The van der Waals surface area contributed by atoms with Gasteiger partial charge in [-0.1, -0.05) is 159 Å². The van der Waals surface area contributed by atoms with Crippen LogP contribution in [0.1, 0.15) is 153 Å². The Morgan fingerprint density at radius 3 is 1.67 bits per heavy atom. The smallest absolute Gasteiger partial charge is 0.0273 e. The molecular weight excluding hydrogens is 629 g/mol. The second-order valence-corrected chi connectivity index (χ2v) is 13.5. The van der Waals surface area contributed by atoms with Gasteiger partial charge in [0.15, 0.2) is 0 Å². The molecule has 1 N–H and O–H groups in total. The van der Waals surface area contributed by atoms with E-state index in [0.717, 1.165) is 19.4 Å². The van der Waals surface area contributed by atoms with E-state index in [9.17, 15) is 0 Å². The van der Waals surface area contributed by atoms with E-state index in [1.165, 1.54) is 107 Å². The Labute approximate surface area is 325 Å². The molecule has 292 valence electrons. The number of unbranched alkanes of at least 4 members (excludes halogenated alkanes) is 1. The Hall–Kier alpha value is -3.65. The van der Waals surface area contributed by atoms with Crippen LogP contribution in [0.3, 0.4) is 0 Å². The van der Waals surface area contributed by atoms with Gasteiger partial charge in [-0.2, -0.15) is 0 Å².